The molecule has 0 spiro atoms. The molecule has 2 rings (SSSR count). The maximum absolute atomic E-state index is 10.6. The number of carbonyl (C=O) groups excluding carboxylic acids is 1. The van der Waals surface area contributed by atoms with Crippen LogP contribution in [0.4, 0.5) is 0 Å². The van der Waals surface area contributed by atoms with Crippen LogP contribution in [0.5, 0.6) is 0 Å². The van der Waals surface area contributed by atoms with Crippen molar-refractivity contribution >= 4 is 5.97 Å². The first kappa shape index (κ1) is 6.85. The first-order valence-electron chi connectivity index (χ1n) is 3.77. The van der Waals surface area contributed by atoms with E-state index >= 15 is 0 Å². The number of rotatable bonds is 1. The smallest absolute Gasteiger partial charge is 0.303 e. The van der Waals surface area contributed by atoms with E-state index in [1.54, 1.807) is 0 Å². The van der Waals surface area contributed by atoms with E-state index in [0.29, 0.717) is 0 Å². The van der Waals surface area contributed by atoms with Gasteiger partial charge in [0.15, 0.2) is 0 Å². The Balaban J connectivity index is 1.98. The number of carbonyl (C=O) groups is 1. The van der Waals surface area contributed by atoms with Gasteiger partial charge in [-0.25, -0.2) is 0 Å². The first-order valence-corrected chi connectivity index (χ1v) is 3.77. The highest BCUT2D eigenvalue weighted by Gasteiger charge is 2.38. The summed E-state index contributed by atoms with van der Waals surface area (Å²) in [5.74, 6) is -0.223. The molecule has 60 valence electrons. The monoisotopic (exact) mass is 154 g/mol. The minimum atomic E-state index is -0.223. The summed E-state index contributed by atoms with van der Waals surface area (Å²) in [4.78, 5) is 10.6. The summed E-state index contributed by atoms with van der Waals surface area (Å²) in [5.41, 5.74) is 0. The minimum absolute atomic E-state index is 0.0175. The molecule has 2 aliphatic rings. The maximum atomic E-state index is 10.6. The van der Waals surface area contributed by atoms with Crippen molar-refractivity contribution in [1.82, 2.24) is 0 Å². The van der Waals surface area contributed by atoms with Gasteiger partial charge in [0.05, 0.1) is 6.10 Å². The maximum Gasteiger partial charge on any atom is 0.303 e. The van der Waals surface area contributed by atoms with E-state index in [-0.39, 0.29) is 24.3 Å². The molecule has 3 heteroatoms. The third kappa shape index (κ3) is 1.16. The second kappa shape index (κ2) is 2.34. The van der Waals surface area contributed by atoms with Crippen LogP contribution in [0.25, 0.3) is 0 Å². The van der Waals surface area contributed by atoms with Crippen LogP contribution in [0, 0.1) is 0 Å². The SMILES string of the molecule is CC(=O)O[C@H]1C[C@H]2C=C[C@@H]1O2. The molecule has 0 N–H and O–H groups in total. The molecule has 0 aromatic heterocycles. The topological polar surface area (TPSA) is 35.5 Å². The third-order valence-electron chi connectivity index (χ3n) is 2.00. The second-order valence-electron chi connectivity index (χ2n) is 2.91. The Hall–Kier alpha value is -0.830. The van der Waals surface area contributed by atoms with Gasteiger partial charge in [0.1, 0.15) is 12.2 Å². The van der Waals surface area contributed by atoms with E-state index in [9.17, 15) is 4.79 Å². The van der Waals surface area contributed by atoms with Gasteiger partial charge in [-0.2, -0.15) is 0 Å². The molecule has 0 aromatic rings. The van der Waals surface area contributed by atoms with Gasteiger partial charge in [0.25, 0.3) is 0 Å². The van der Waals surface area contributed by atoms with Crippen molar-refractivity contribution in [3.05, 3.63) is 12.2 Å². The fraction of sp³-hybridized carbons (Fsp3) is 0.625. The van der Waals surface area contributed by atoms with Gasteiger partial charge in [0.2, 0.25) is 0 Å². The normalized spacial score (nSPS) is 39.5. The number of esters is 1. The summed E-state index contributed by atoms with van der Waals surface area (Å²) in [6.45, 7) is 1.43. The van der Waals surface area contributed by atoms with Gasteiger partial charge in [-0.15, -0.1) is 0 Å². The van der Waals surface area contributed by atoms with E-state index in [1.165, 1.54) is 6.92 Å². The Morgan fingerprint density at radius 3 is 2.91 bits per heavy atom. The fourth-order valence-corrected chi connectivity index (χ4v) is 1.56. The Bertz CT molecular complexity index is 209. The first-order chi connectivity index (χ1) is 5.25. The van der Waals surface area contributed by atoms with Crippen LogP contribution in [0.1, 0.15) is 13.3 Å². The second-order valence-corrected chi connectivity index (χ2v) is 2.91. The van der Waals surface area contributed by atoms with Crippen molar-refractivity contribution < 1.29 is 14.3 Å². The van der Waals surface area contributed by atoms with Crippen molar-refractivity contribution in [1.29, 1.82) is 0 Å². The van der Waals surface area contributed by atoms with E-state index in [2.05, 4.69) is 0 Å². The highest BCUT2D eigenvalue weighted by atomic mass is 16.6. The largest absolute Gasteiger partial charge is 0.459 e. The quantitative estimate of drug-likeness (QED) is 0.411. The molecular weight excluding hydrogens is 144 g/mol. The lowest BCUT2D eigenvalue weighted by molar-refractivity contribution is -0.147. The summed E-state index contributed by atoms with van der Waals surface area (Å²) in [6.07, 6.45) is 4.96. The molecule has 0 amide bonds. The predicted octanol–water partition coefficient (Wildman–Crippen LogP) is 0.645. The van der Waals surface area contributed by atoms with Gasteiger partial charge >= 0.3 is 5.97 Å². The molecule has 2 aliphatic heterocycles. The average Bonchev–Trinajstić information content (AvgIpc) is 2.45. The zero-order chi connectivity index (χ0) is 7.84. The highest BCUT2D eigenvalue weighted by Crippen LogP contribution is 2.30. The molecule has 1 fully saturated rings. The molecule has 0 saturated carbocycles. The summed E-state index contributed by atoms with van der Waals surface area (Å²) >= 11 is 0. The van der Waals surface area contributed by atoms with Gasteiger partial charge in [0, 0.05) is 13.3 Å². The zero-order valence-corrected chi connectivity index (χ0v) is 6.32. The molecule has 0 aliphatic carbocycles. The number of hydrogen-bond acceptors (Lipinski definition) is 3. The Kier molecular flexibility index (Phi) is 1.46. The van der Waals surface area contributed by atoms with Crippen LogP contribution in [0.15, 0.2) is 12.2 Å². The fourth-order valence-electron chi connectivity index (χ4n) is 1.56. The van der Waals surface area contributed by atoms with Crippen LogP contribution >= 0.6 is 0 Å². The van der Waals surface area contributed by atoms with Crippen molar-refractivity contribution in [3.8, 4) is 0 Å². The molecule has 3 atom stereocenters. The van der Waals surface area contributed by atoms with E-state index in [1.807, 2.05) is 12.2 Å². The van der Waals surface area contributed by atoms with Crippen LogP contribution in [0.3, 0.4) is 0 Å². The summed E-state index contributed by atoms with van der Waals surface area (Å²) in [6, 6.07) is 0. The Morgan fingerprint density at radius 2 is 2.45 bits per heavy atom. The lowest BCUT2D eigenvalue weighted by Crippen LogP contribution is -2.24. The van der Waals surface area contributed by atoms with Crippen molar-refractivity contribution in [3.63, 3.8) is 0 Å². The van der Waals surface area contributed by atoms with E-state index in [4.69, 9.17) is 9.47 Å². The van der Waals surface area contributed by atoms with Crippen LogP contribution in [-0.2, 0) is 14.3 Å². The van der Waals surface area contributed by atoms with Crippen molar-refractivity contribution in [2.75, 3.05) is 0 Å². The number of ether oxygens (including phenoxy) is 2. The average molecular weight is 154 g/mol. The molecule has 11 heavy (non-hydrogen) atoms. The highest BCUT2D eigenvalue weighted by molar-refractivity contribution is 5.66. The zero-order valence-electron chi connectivity index (χ0n) is 6.32. The molecule has 0 aromatic carbocycles. The molecule has 3 nitrogen and oxygen atoms in total. The van der Waals surface area contributed by atoms with E-state index in [0.717, 1.165) is 6.42 Å². The Labute approximate surface area is 65.0 Å². The van der Waals surface area contributed by atoms with E-state index < -0.39 is 0 Å². The summed E-state index contributed by atoms with van der Waals surface area (Å²) < 4.78 is 10.4. The molecule has 1 saturated heterocycles. The molecule has 2 heterocycles. The minimum Gasteiger partial charge on any atom is -0.459 e. The van der Waals surface area contributed by atoms with Gasteiger partial charge in [-0.1, -0.05) is 12.2 Å². The van der Waals surface area contributed by atoms with Crippen LogP contribution in [-0.4, -0.2) is 24.3 Å². The lowest BCUT2D eigenvalue weighted by atomic mass is 10.1. The van der Waals surface area contributed by atoms with Gasteiger partial charge < -0.3 is 9.47 Å². The number of fused-ring (bicyclic) bond motifs is 2. The summed E-state index contributed by atoms with van der Waals surface area (Å²) in [5, 5.41) is 0. The summed E-state index contributed by atoms with van der Waals surface area (Å²) in [7, 11) is 0. The van der Waals surface area contributed by atoms with Crippen LogP contribution < -0.4 is 0 Å². The predicted molar refractivity (Wildman–Crippen MR) is 38.0 cm³/mol. The molecule has 2 bridgehead atoms. The molecule has 0 radical (unpaired) electrons. The molecular formula is C8H10O3. The van der Waals surface area contributed by atoms with Gasteiger partial charge in [-0.05, 0) is 0 Å². The van der Waals surface area contributed by atoms with Crippen molar-refractivity contribution in [2.45, 2.75) is 31.7 Å². The Morgan fingerprint density at radius 1 is 1.64 bits per heavy atom. The van der Waals surface area contributed by atoms with Crippen molar-refractivity contribution in [2.24, 2.45) is 0 Å². The van der Waals surface area contributed by atoms with Gasteiger partial charge in [-0.3, -0.25) is 4.79 Å². The third-order valence-corrected chi connectivity index (χ3v) is 2.00. The lowest BCUT2D eigenvalue weighted by Gasteiger charge is -2.14. The number of hydrogen-bond donors (Lipinski definition) is 0. The molecule has 0 unspecified atom stereocenters. The standard InChI is InChI=1S/C8H10O3/c1-5(9)10-8-4-6-2-3-7(8)11-6/h2-3,6-8H,4H2,1H3/t6-,7+,8+/m1/s1. The van der Waals surface area contributed by atoms with Crippen LogP contribution in [0.2, 0.25) is 0 Å².